The summed E-state index contributed by atoms with van der Waals surface area (Å²) < 4.78 is 17.7. The average molecular weight is 437 g/mol. The van der Waals surface area contributed by atoms with Crippen molar-refractivity contribution in [3.63, 3.8) is 0 Å². The second kappa shape index (κ2) is 9.30. The van der Waals surface area contributed by atoms with Gasteiger partial charge in [-0.05, 0) is 43.2 Å². The van der Waals surface area contributed by atoms with Gasteiger partial charge in [0.05, 0.1) is 25.3 Å². The third kappa shape index (κ3) is 4.49. The Morgan fingerprint density at radius 2 is 1.47 bits per heavy atom. The number of rotatable bonds is 6. The maximum atomic E-state index is 12.9. The van der Waals surface area contributed by atoms with Gasteiger partial charge < -0.3 is 24.8 Å². The van der Waals surface area contributed by atoms with Crippen LogP contribution in [0.4, 0.5) is 0 Å². The first-order chi connectivity index (χ1) is 15.7. The maximum Gasteiger partial charge on any atom is 0.251 e. The summed E-state index contributed by atoms with van der Waals surface area (Å²) in [5, 5.41) is 6.14. The van der Waals surface area contributed by atoms with Gasteiger partial charge in [-0.1, -0.05) is 37.1 Å². The van der Waals surface area contributed by atoms with Crippen molar-refractivity contribution in [1.82, 2.24) is 10.6 Å². The Bertz CT molecular complexity index is 960. The predicted molar refractivity (Wildman–Crippen MR) is 118 cm³/mol. The summed E-state index contributed by atoms with van der Waals surface area (Å²) in [5.74, 6) is 1.30. The molecule has 2 aromatic rings. The van der Waals surface area contributed by atoms with Crippen LogP contribution in [-0.2, 0) is 14.3 Å². The van der Waals surface area contributed by atoms with Crippen LogP contribution in [0.15, 0.2) is 54.6 Å². The molecule has 5 rings (SSSR count). The van der Waals surface area contributed by atoms with Crippen molar-refractivity contribution in [2.75, 3.05) is 13.2 Å². The van der Waals surface area contributed by atoms with E-state index in [0.29, 0.717) is 30.3 Å². The van der Waals surface area contributed by atoms with Gasteiger partial charge in [0.1, 0.15) is 23.7 Å². The number of para-hydroxylation sites is 1. The highest BCUT2D eigenvalue weighted by Crippen LogP contribution is 2.30. The summed E-state index contributed by atoms with van der Waals surface area (Å²) in [6, 6.07) is 16.1. The van der Waals surface area contributed by atoms with Gasteiger partial charge in [0, 0.05) is 11.5 Å². The molecule has 2 aliphatic heterocycles. The smallest absolute Gasteiger partial charge is 0.251 e. The number of nitrogens with one attached hydrogen (secondary N) is 2. The van der Waals surface area contributed by atoms with Gasteiger partial charge in [-0.15, -0.1) is 0 Å². The Morgan fingerprint density at radius 1 is 0.812 bits per heavy atom. The molecule has 2 saturated heterocycles. The van der Waals surface area contributed by atoms with Gasteiger partial charge in [-0.25, -0.2) is 0 Å². The topological polar surface area (TPSA) is 85.9 Å². The molecule has 0 aromatic heterocycles. The summed E-state index contributed by atoms with van der Waals surface area (Å²) in [6.45, 7) is 0.762. The van der Waals surface area contributed by atoms with Gasteiger partial charge in [0.25, 0.3) is 5.91 Å². The molecule has 7 heteroatoms. The number of carbonyl (C=O) groups excluding carboxylic acids is 2. The lowest BCUT2D eigenvalue weighted by atomic mass is 10.0. The van der Waals surface area contributed by atoms with E-state index < -0.39 is 0 Å². The van der Waals surface area contributed by atoms with E-state index >= 15 is 0 Å². The number of carbonyl (C=O) groups is 2. The summed E-state index contributed by atoms with van der Waals surface area (Å²) in [5.41, 5.74) is 0.506. The number of fused-ring (bicyclic) bond motifs is 1. The molecule has 2 N–H and O–H groups in total. The van der Waals surface area contributed by atoms with Crippen molar-refractivity contribution in [3.05, 3.63) is 60.2 Å². The molecule has 2 heterocycles. The number of amides is 2. The van der Waals surface area contributed by atoms with Crippen LogP contribution in [0.1, 0.15) is 36.0 Å². The zero-order valence-electron chi connectivity index (χ0n) is 17.9. The number of hydrogen-bond donors (Lipinski definition) is 2. The SMILES string of the molecule is O=C(NC1COC2C(NC(=O)C3CCCC3)COC12)c1cccc(Oc2ccccc2)c1. The Kier molecular flexibility index (Phi) is 6.10. The summed E-state index contributed by atoms with van der Waals surface area (Å²) in [6.07, 6.45) is 3.65. The van der Waals surface area contributed by atoms with Crippen LogP contribution in [0.3, 0.4) is 0 Å². The second-order valence-electron chi connectivity index (χ2n) is 8.72. The Labute approximate surface area is 187 Å². The van der Waals surface area contributed by atoms with Gasteiger partial charge in [-0.3, -0.25) is 9.59 Å². The molecule has 4 unspecified atom stereocenters. The zero-order valence-corrected chi connectivity index (χ0v) is 17.9. The lowest BCUT2D eigenvalue weighted by Gasteiger charge is -2.20. The first kappa shape index (κ1) is 21.0. The van der Waals surface area contributed by atoms with Gasteiger partial charge in [0.15, 0.2) is 0 Å². The molecule has 168 valence electrons. The van der Waals surface area contributed by atoms with Crippen molar-refractivity contribution >= 4 is 11.8 Å². The van der Waals surface area contributed by atoms with Crippen LogP contribution in [0, 0.1) is 5.92 Å². The number of benzene rings is 2. The first-order valence-corrected chi connectivity index (χ1v) is 11.3. The van der Waals surface area contributed by atoms with E-state index in [4.69, 9.17) is 14.2 Å². The van der Waals surface area contributed by atoms with Crippen molar-refractivity contribution in [2.24, 2.45) is 5.92 Å². The molecular weight excluding hydrogens is 408 g/mol. The predicted octanol–water partition coefficient (Wildman–Crippen LogP) is 3.05. The van der Waals surface area contributed by atoms with Crippen LogP contribution in [0.25, 0.3) is 0 Å². The highest BCUT2D eigenvalue weighted by Gasteiger charge is 2.49. The van der Waals surface area contributed by atoms with Crippen molar-refractivity contribution in [2.45, 2.75) is 50.0 Å². The normalized spacial score (nSPS) is 27.1. The Balaban J connectivity index is 1.18. The molecule has 1 aliphatic carbocycles. The van der Waals surface area contributed by atoms with Crippen LogP contribution in [0.2, 0.25) is 0 Å². The van der Waals surface area contributed by atoms with Crippen LogP contribution < -0.4 is 15.4 Å². The molecule has 0 spiro atoms. The highest BCUT2D eigenvalue weighted by molar-refractivity contribution is 5.94. The molecule has 7 nitrogen and oxygen atoms in total. The molecule has 0 bridgehead atoms. The quantitative estimate of drug-likeness (QED) is 0.727. The molecule has 2 aromatic carbocycles. The fraction of sp³-hybridized carbons (Fsp3) is 0.440. The average Bonchev–Trinajstić information content (AvgIpc) is 3.55. The van der Waals surface area contributed by atoms with Crippen LogP contribution in [0.5, 0.6) is 11.5 Å². The fourth-order valence-electron chi connectivity index (χ4n) is 4.81. The van der Waals surface area contributed by atoms with E-state index in [9.17, 15) is 9.59 Å². The van der Waals surface area contributed by atoms with E-state index in [-0.39, 0.29) is 42.0 Å². The Morgan fingerprint density at radius 3 is 2.19 bits per heavy atom. The third-order valence-corrected chi connectivity index (χ3v) is 6.50. The van der Waals surface area contributed by atoms with E-state index in [1.165, 1.54) is 0 Å². The molecule has 3 aliphatic rings. The van der Waals surface area contributed by atoms with E-state index in [0.717, 1.165) is 25.7 Å². The molecule has 2 amide bonds. The summed E-state index contributed by atoms with van der Waals surface area (Å²) in [7, 11) is 0. The number of hydrogen-bond acceptors (Lipinski definition) is 5. The lowest BCUT2D eigenvalue weighted by Crippen LogP contribution is -2.47. The minimum absolute atomic E-state index is 0.100. The minimum atomic E-state index is -0.267. The molecule has 3 fully saturated rings. The first-order valence-electron chi connectivity index (χ1n) is 11.3. The van der Waals surface area contributed by atoms with E-state index in [1.807, 2.05) is 36.4 Å². The minimum Gasteiger partial charge on any atom is -0.457 e. The van der Waals surface area contributed by atoms with Crippen molar-refractivity contribution < 1.29 is 23.8 Å². The second-order valence-corrected chi connectivity index (χ2v) is 8.72. The van der Waals surface area contributed by atoms with E-state index in [1.54, 1.807) is 18.2 Å². The zero-order chi connectivity index (χ0) is 21.9. The van der Waals surface area contributed by atoms with Gasteiger partial charge in [0.2, 0.25) is 5.91 Å². The lowest BCUT2D eigenvalue weighted by molar-refractivity contribution is -0.126. The summed E-state index contributed by atoms with van der Waals surface area (Å²) in [4.78, 5) is 25.4. The monoisotopic (exact) mass is 436 g/mol. The Hall–Kier alpha value is -2.90. The van der Waals surface area contributed by atoms with E-state index in [2.05, 4.69) is 10.6 Å². The fourth-order valence-corrected chi connectivity index (χ4v) is 4.81. The summed E-state index contributed by atoms with van der Waals surface area (Å²) >= 11 is 0. The van der Waals surface area contributed by atoms with Crippen LogP contribution in [-0.4, -0.2) is 49.3 Å². The molecule has 0 radical (unpaired) electrons. The van der Waals surface area contributed by atoms with Crippen molar-refractivity contribution in [3.8, 4) is 11.5 Å². The van der Waals surface area contributed by atoms with Gasteiger partial charge >= 0.3 is 0 Å². The van der Waals surface area contributed by atoms with Crippen molar-refractivity contribution in [1.29, 1.82) is 0 Å². The molecule has 1 saturated carbocycles. The highest BCUT2D eigenvalue weighted by atomic mass is 16.6. The molecule has 32 heavy (non-hydrogen) atoms. The standard InChI is InChI=1S/C25H28N2O5/c28-24(16-7-4-5-8-16)26-20-14-30-23-21(15-31-22(20)23)27-25(29)17-9-6-12-19(13-17)32-18-10-2-1-3-11-18/h1-3,6,9-13,16,20-23H,4-5,7-8,14-15H2,(H,26,28)(H,27,29). The third-order valence-electron chi connectivity index (χ3n) is 6.50. The van der Waals surface area contributed by atoms with Crippen LogP contribution >= 0.6 is 0 Å². The maximum absolute atomic E-state index is 12.9. The number of ether oxygens (including phenoxy) is 3. The molecular formula is C25H28N2O5. The largest absolute Gasteiger partial charge is 0.457 e. The molecule has 4 atom stereocenters. The van der Waals surface area contributed by atoms with Gasteiger partial charge in [-0.2, -0.15) is 0 Å².